The Kier molecular flexibility index (Phi) is 7.15. The molecule has 25 heavy (non-hydrogen) atoms. The molecular formula is C18H26ClN3O3. The quantitative estimate of drug-likeness (QED) is 0.730. The maximum atomic E-state index is 9.37. The normalized spacial score (nSPS) is 17.9. The third-order valence-corrected chi connectivity index (χ3v) is 4.46. The first kappa shape index (κ1) is 19.6. The Balaban J connectivity index is 0.00000225. The van der Waals surface area contributed by atoms with E-state index >= 15 is 0 Å². The maximum absolute atomic E-state index is 9.37. The van der Waals surface area contributed by atoms with E-state index in [1.54, 1.807) is 6.07 Å². The molecule has 1 aromatic carbocycles. The van der Waals surface area contributed by atoms with E-state index in [9.17, 15) is 5.39 Å². The van der Waals surface area contributed by atoms with Gasteiger partial charge in [0.25, 0.3) is 0 Å². The molecule has 6 nitrogen and oxygen atoms in total. The summed E-state index contributed by atoms with van der Waals surface area (Å²) in [5.41, 5.74) is 1.40. The zero-order chi connectivity index (χ0) is 16.9. The van der Waals surface area contributed by atoms with Crippen LogP contribution in [0.3, 0.4) is 0 Å². The summed E-state index contributed by atoms with van der Waals surface area (Å²) in [5.74, 6) is 1.35. The Morgan fingerprint density at radius 1 is 1.16 bits per heavy atom. The predicted molar refractivity (Wildman–Crippen MR) is 92.9 cm³/mol. The summed E-state index contributed by atoms with van der Waals surface area (Å²) >= 11 is 0. The van der Waals surface area contributed by atoms with Gasteiger partial charge in [-0.2, -0.15) is 0 Å². The van der Waals surface area contributed by atoms with E-state index in [1.165, 1.54) is 12.8 Å². The second kappa shape index (κ2) is 9.12. The molecule has 1 heterocycles. The largest absolute Gasteiger partial charge is 1.00 e. The minimum Gasteiger partial charge on any atom is -1.00 e. The van der Waals surface area contributed by atoms with Crippen LogP contribution < -0.4 is 26.8 Å². The van der Waals surface area contributed by atoms with Crippen molar-refractivity contribution in [2.75, 3.05) is 31.2 Å². The summed E-state index contributed by atoms with van der Waals surface area (Å²) < 4.78 is 17.5. The Labute approximate surface area is 155 Å². The molecule has 0 atom stereocenters. The van der Waals surface area contributed by atoms with Gasteiger partial charge in [-0.25, -0.2) is 0 Å². The molecule has 3 rings (SSSR count). The van der Waals surface area contributed by atoms with Crippen molar-refractivity contribution in [2.24, 2.45) is 0 Å². The van der Waals surface area contributed by atoms with Gasteiger partial charge in [0, 0.05) is 19.2 Å². The summed E-state index contributed by atoms with van der Waals surface area (Å²) in [4.78, 5) is 5.65. The van der Waals surface area contributed by atoms with Crippen molar-refractivity contribution < 1.29 is 26.6 Å². The molecule has 1 aromatic rings. The van der Waals surface area contributed by atoms with Gasteiger partial charge >= 0.3 is 5.69 Å². The maximum Gasteiger partial charge on any atom is 0.430 e. The molecule has 1 aliphatic carbocycles. The fraction of sp³-hybridized carbons (Fsp3) is 0.667. The summed E-state index contributed by atoms with van der Waals surface area (Å²) in [6.45, 7) is 6.96. The third-order valence-electron chi connectivity index (χ3n) is 4.46. The highest BCUT2D eigenvalue weighted by molar-refractivity contribution is 5.72. The van der Waals surface area contributed by atoms with Crippen LogP contribution in [0, 0.1) is 5.39 Å². The number of ether oxygens (including phenoxy) is 3. The van der Waals surface area contributed by atoms with E-state index in [0.717, 1.165) is 37.4 Å². The Morgan fingerprint density at radius 3 is 2.44 bits per heavy atom. The molecule has 0 radical (unpaired) electrons. The molecule has 0 N–H and O–H groups in total. The third kappa shape index (κ3) is 4.90. The summed E-state index contributed by atoms with van der Waals surface area (Å²) in [6.07, 6.45) is 4.83. The van der Waals surface area contributed by atoms with Gasteiger partial charge in [-0.1, -0.05) is 0 Å². The van der Waals surface area contributed by atoms with Crippen LogP contribution in [-0.4, -0.2) is 38.5 Å². The van der Waals surface area contributed by atoms with E-state index in [2.05, 4.69) is 9.88 Å². The SMILES string of the molecule is CC(C)Oc1cc(N2CCOCC2)c(OC2CCCC2)cc1[N+]#N.[Cl-]. The monoisotopic (exact) mass is 367 g/mol. The highest BCUT2D eigenvalue weighted by Gasteiger charge is 2.27. The molecule has 1 saturated heterocycles. The zero-order valence-electron chi connectivity index (χ0n) is 14.9. The molecule has 0 spiro atoms. The number of benzene rings is 1. The average molecular weight is 368 g/mol. The first-order valence-electron chi connectivity index (χ1n) is 8.86. The van der Waals surface area contributed by atoms with E-state index in [1.807, 2.05) is 19.9 Å². The fourth-order valence-corrected chi connectivity index (χ4v) is 3.30. The molecule has 1 saturated carbocycles. The van der Waals surface area contributed by atoms with Crippen LogP contribution in [0.5, 0.6) is 11.5 Å². The topological polar surface area (TPSA) is 59.1 Å². The molecule has 0 aromatic heterocycles. The fourth-order valence-electron chi connectivity index (χ4n) is 3.30. The van der Waals surface area contributed by atoms with Crippen LogP contribution in [0.2, 0.25) is 0 Å². The average Bonchev–Trinajstić information content (AvgIpc) is 3.09. The minimum absolute atomic E-state index is 0. The van der Waals surface area contributed by atoms with Crippen molar-refractivity contribution in [2.45, 2.75) is 51.7 Å². The van der Waals surface area contributed by atoms with Gasteiger partial charge in [-0.05, 0) is 39.5 Å². The van der Waals surface area contributed by atoms with Crippen LogP contribution in [0.15, 0.2) is 12.1 Å². The molecule has 138 valence electrons. The Hall–Kier alpha value is -1.71. The highest BCUT2D eigenvalue weighted by Crippen LogP contribution is 2.42. The lowest BCUT2D eigenvalue weighted by Crippen LogP contribution is -3.00. The molecule has 0 unspecified atom stereocenters. The second-order valence-electron chi connectivity index (χ2n) is 6.68. The second-order valence-corrected chi connectivity index (χ2v) is 6.68. The zero-order valence-corrected chi connectivity index (χ0v) is 15.7. The van der Waals surface area contributed by atoms with E-state index < -0.39 is 0 Å². The first-order chi connectivity index (χ1) is 11.7. The van der Waals surface area contributed by atoms with Gasteiger partial charge in [0.05, 0.1) is 37.2 Å². The van der Waals surface area contributed by atoms with Gasteiger partial charge in [0.15, 0.2) is 10.7 Å². The summed E-state index contributed by atoms with van der Waals surface area (Å²) in [6, 6.07) is 3.73. The van der Waals surface area contributed by atoms with Crippen LogP contribution in [0.1, 0.15) is 39.5 Å². The van der Waals surface area contributed by atoms with Crippen LogP contribution >= 0.6 is 0 Å². The lowest BCUT2D eigenvalue weighted by atomic mass is 10.2. The van der Waals surface area contributed by atoms with Crippen molar-refractivity contribution in [1.82, 2.24) is 0 Å². The molecule has 1 aliphatic heterocycles. The summed E-state index contributed by atoms with van der Waals surface area (Å²) in [5, 5.41) is 9.37. The number of hydrogen-bond donors (Lipinski definition) is 0. The molecule has 0 amide bonds. The van der Waals surface area contributed by atoms with Crippen LogP contribution in [0.25, 0.3) is 4.98 Å². The standard InChI is InChI=1S/C18H26N3O3.ClH/c1-13(2)23-17-12-16(21-7-9-22-10-8-21)18(11-15(17)20-19)24-14-5-3-4-6-14;/h11-14H,3-10H2,1-2H3;1H/q+1;/p-1. The van der Waals surface area contributed by atoms with Crippen molar-refractivity contribution in [3.63, 3.8) is 0 Å². The smallest absolute Gasteiger partial charge is 0.430 e. The van der Waals surface area contributed by atoms with Gasteiger partial charge in [0.1, 0.15) is 0 Å². The lowest BCUT2D eigenvalue weighted by Gasteiger charge is -2.31. The van der Waals surface area contributed by atoms with Crippen LogP contribution in [0.4, 0.5) is 11.4 Å². The van der Waals surface area contributed by atoms with Crippen molar-refractivity contribution in [3.8, 4) is 11.5 Å². The molecule has 7 heteroatoms. The van der Waals surface area contributed by atoms with Gasteiger partial charge in [-0.3, -0.25) is 0 Å². The van der Waals surface area contributed by atoms with E-state index in [4.69, 9.17) is 14.2 Å². The number of diazo groups is 1. The van der Waals surface area contributed by atoms with Gasteiger partial charge in [0.2, 0.25) is 11.1 Å². The molecular weight excluding hydrogens is 342 g/mol. The van der Waals surface area contributed by atoms with Crippen LogP contribution in [-0.2, 0) is 4.74 Å². The number of morpholine rings is 1. The number of rotatable bonds is 5. The summed E-state index contributed by atoms with van der Waals surface area (Å²) in [7, 11) is 0. The van der Waals surface area contributed by atoms with Crippen molar-refractivity contribution >= 4 is 11.4 Å². The Morgan fingerprint density at radius 2 is 1.84 bits per heavy atom. The Bertz CT molecular complexity index is 606. The minimum atomic E-state index is 0. The molecule has 0 bridgehead atoms. The van der Waals surface area contributed by atoms with Gasteiger partial charge < -0.3 is 31.5 Å². The lowest BCUT2D eigenvalue weighted by molar-refractivity contribution is -0.00000810. The molecule has 2 aliphatic rings. The first-order valence-corrected chi connectivity index (χ1v) is 8.86. The number of anilines is 1. The van der Waals surface area contributed by atoms with E-state index in [0.29, 0.717) is 24.7 Å². The van der Waals surface area contributed by atoms with E-state index in [-0.39, 0.29) is 24.6 Å². The number of halogens is 1. The van der Waals surface area contributed by atoms with Crippen molar-refractivity contribution in [1.29, 1.82) is 5.39 Å². The predicted octanol–water partition coefficient (Wildman–Crippen LogP) is 1.12. The number of nitrogens with zero attached hydrogens (tertiary/aromatic N) is 3. The molecule has 2 fully saturated rings. The highest BCUT2D eigenvalue weighted by atomic mass is 35.5. The van der Waals surface area contributed by atoms with Gasteiger partial charge in [-0.15, -0.1) is 0 Å². The number of hydrogen-bond acceptors (Lipinski definition) is 5. The van der Waals surface area contributed by atoms with Crippen molar-refractivity contribution in [3.05, 3.63) is 17.1 Å².